The van der Waals surface area contributed by atoms with E-state index >= 15 is 0 Å². The van der Waals surface area contributed by atoms with Crippen molar-refractivity contribution in [1.29, 1.82) is 0 Å². The van der Waals surface area contributed by atoms with Gasteiger partial charge in [-0.15, -0.1) is 0 Å². The summed E-state index contributed by atoms with van der Waals surface area (Å²) >= 11 is 0. The summed E-state index contributed by atoms with van der Waals surface area (Å²) in [5.41, 5.74) is 6.94. The zero-order chi connectivity index (χ0) is 14.4. The maximum absolute atomic E-state index is 12.1. The molecule has 0 radical (unpaired) electrons. The number of nitrogens with two attached hydrogens (primary N) is 1. The topological polar surface area (TPSA) is 75.3 Å². The van der Waals surface area contributed by atoms with Gasteiger partial charge in [0.15, 0.2) is 0 Å². The summed E-state index contributed by atoms with van der Waals surface area (Å²) in [6.45, 7) is 9.49. The first-order chi connectivity index (χ1) is 8.68. The summed E-state index contributed by atoms with van der Waals surface area (Å²) in [6.07, 6.45) is 0. The van der Waals surface area contributed by atoms with E-state index in [-0.39, 0.29) is 22.5 Å². The van der Waals surface area contributed by atoms with Crippen LogP contribution in [0.4, 0.5) is 5.69 Å². The van der Waals surface area contributed by atoms with Crippen LogP contribution in [0.5, 0.6) is 5.75 Å². The van der Waals surface area contributed by atoms with Crippen molar-refractivity contribution in [2.75, 3.05) is 12.3 Å². The minimum Gasteiger partial charge on any atom is -0.508 e. The molecule has 0 unspecified atom stereocenters. The van der Waals surface area contributed by atoms with E-state index in [1.807, 2.05) is 0 Å². The Labute approximate surface area is 114 Å². The van der Waals surface area contributed by atoms with Gasteiger partial charge < -0.3 is 16.2 Å². The van der Waals surface area contributed by atoms with Gasteiger partial charge in [-0.1, -0.05) is 27.7 Å². The lowest BCUT2D eigenvalue weighted by atomic mass is 10.0. The molecule has 0 aliphatic heterocycles. The molecule has 0 bridgehead atoms. The Bertz CT molecular complexity index is 507. The summed E-state index contributed by atoms with van der Waals surface area (Å²) in [4.78, 5) is 12.1. The standard InChI is InChI=1S/C15H22N2O2/c1-14(2)12(15(14,3)4)8-17-13(19)10-7-9(18)5-6-11(10)16/h5-7,12,18H,8,16H2,1-4H3,(H,17,19). The molecular formula is C15H22N2O2. The highest BCUT2D eigenvalue weighted by atomic mass is 16.3. The molecule has 1 amide bonds. The molecule has 0 aromatic heterocycles. The molecule has 0 spiro atoms. The van der Waals surface area contributed by atoms with Gasteiger partial charge in [0, 0.05) is 12.2 Å². The number of benzene rings is 1. The number of nitrogens with one attached hydrogen (secondary N) is 1. The SMILES string of the molecule is CC1(C)C(CNC(=O)c2cc(O)ccc2N)C1(C)C. The monoisotopic (exact) mass is 262 g/mol. The lowest BCUT2D eigenvalue weighted by molar-refractivity contribution is 0.0950. The Morgan fingerprint density at radius 1 is 1.32 bits per heavy atom. The van der Waals surface area contributed by atoms with Gasteiger partial charge in [0.25, 0.3) is 5.91 Å². The normalized spacial score (nSPS) is 20.0. The second-order valence-corrected chi connectivity index (χ2v) is 6.48. The zero-order valence-electron chi connectivity index (χ0n) is 11.9. The number of carbonyl (C=O) groups excluding carboxylic acids is 1. The number of nitrogen functional groups attached to an aromatic ring is 1. The zero-order valence-corrected chi connectivity index (χ0v) is 11.9. The van der Waals surface area contributed by atoms with Gasteiger partial charge in [-0.3, -0.25) is 4.79 Å². The van der Waals surface area contributed by atoms with Gasteiger partial charge in [-0.25, -0.2) is 0 Å². The Balaban J connectivity index is 2.02. The minimum absolute atomic E-state index is 0.0476. The predicted octanol–water partition coefficient (Wildman–Crippen LogP) is 2.39. The van der Waals surface area contributed by atoms with Crippen LogP contribution >= 0.6 is 0 Å². The fraction of sp³-hybridized carbons (Fsp3) is 0.533. The Kier molecular flexibility index (Phi) is 3.00. The highest BCUT2D eigenvalue weighted by Crippen LogP contribution is 2.67. The molecule has 1 aliphatic carbocycles. The summed E-state index contributed by atoms with van der Waals surface area (Å²) in [5.74, 6) is 0.279. The third-order valence-electron chi connectivity index (χ3n) is 5.07. The highest BCUT2D eigenvalue weighted by molar-refractivity contribution is 5.99. The van der Waals surface area contributed by atoms with E-state index in [0.717, 1.165) is 0 Å². The van der Waals surface area contributed by atoms with Crippen LogP contribution in [0, 0.1) is 16.7 Å². The second-order valence-electron chi connectivity index (χ2n) is 6.48. The summed E-state index contributed by atoms with van der Waals surface area (Å²) in [6, 6.07) is 4.41. The third kappa shape index (κ3) is 2.15. The van der Waals surface area contributed by atoms with Crippen LogP contribution in [0.2, 0.25) is 0 Å². The molecule has 0 saturated heterocycles. The number of carbonyl (C=O) groups is 1. The number of anilines is 1. The number of phenols is 1. The Morgan fingerprint density at radius 3 is 2.42 bits per heavy atom. The van der Waals surface area contributed by atoms with Gasteiger partial charge in [0.1, 0.15) is 5.75 Å². The lowest BCUT2D eigenvalue weighted by Crippen LogP contribution is -2.27. The molecule has 0 atom stereocenters. The van der Waals surface area contributed by atoms with Crippen molar-refractivity contribution in [2.24, 2.45) is 16.7 Å². The van der Waals surface area contributed by atoms with Crippen molar-refractivity contribution in [3.8, 4) is 5.75 Å². The quantitative estimate of drug-likeness (QED) is 0.578. The number of amides is 1. The van der Waals surface area contributed by atoms with Crippen LogP contribution in [0.3, 0.4) is 0 Å². The van der Waals surface area contributed by atoms with Crippen LogP contribution in [-0.4, -0.2) is 17.6 Å². The Morgan fingerprint density at radius 2 is 1.89 bits per heavy atom. The Hall–Kier alpha value is -1.71. The van der Waals surface area contributed by atoms with Gasteiger partial charge in [-0.05, 0) is 34.9 Å². The smallest absolute Gasteiger partial charge is 0.253 e. The molecule has 1 saturated carbocycles. The van der Waals surface area contributed by atoms with Crippen molar-refractivity contribution in [3.63, 3.8) is 0 Å². The van der Waals surface area contributed by atoms with Crippen molar-refractivity contribution in [3.05, 3.63) is 23.8 Å². The fourth-order valence-electron chi connectivity index (χ4n) is 2.87. The summed E-state index contributed by atoms with van der Waals surface area (Å²) in [7, 11) is 0. The molecule has 19 heavy (non-hydrogen) atoms. The summed E-state index contributed by atoms with van der Waals surface area (Å²) < 4.78 is 0. The highest BCUT2D eigenvalue weighted by Gasteiger charge is 2.64. The van der Waals surface area contributed by atoms with Gasteiger partial charge in [0.05, 0.1) is 5.56 Å². The molecule has 4 heteroatoms. The number of rotatable bonds is 3. The number of hydrogen-bond donors (Lipinski definition) is 3. The van der Waals surface area contributed by atoms with E-state index in [9.17, 15) is 9.90 Å². The van der Waals surface area contributed by atoms with Crippen LogP contribution in [0.15, 0.2) is 18.2 Å². The molecule has 1 aliphatic rings. The van der Waals surface area contributed by atoms with Gasteiger partial charge >= 0.3 is 0 Å². The predicted molar refractivity (Wildman–Crippen MR) is 75.9 cm³/mol. The molecular weight excluding hydrogens is 240 g/mol. The summed E-state index contributed by atoms with van der Waals surface area (Å²) in [5, 5.41) is 12.3. The number of phenolic OH excluding ortho intramolecular Hbond substituents is 1. The van der Waals surface area contributed by atoms with Crippen molar-refractivity contribution >= 4 is 11.6 Å². The molecule has 1 aromatic rings. The first-order valence-corrected chi connectivity index (χ1v) is 6.54. The van der Waals surface area contributed by atoms with Crippen LogP contribution in [-0.2, 0) is 0 Å². The van der Waals surface area contributed by atoms with E-state index in [0.29, 0.717) is 23.7 Å². The third-order valence-corrected chi connectivity index (χ3v) is 5.07. The van der Waals surface area contributed by atoms with Crippen LogP contribution in [0.1, 0.15) is 38.1 Å². The second kappa shape index (κ2) is 4.15. The van der Waals surface area contributed by atoms with Crippen molar-refractivity contribution in [1.82, 2.24) is 5.32 Å². The average Bonchev–Trinajstić information content (AvgIpc) is 2.70. The average molecular weight is 262 g/mol. The molecule has 4 nitrogen and oxygen atoms in total. The van der Waals surface area contributed by atoms with Crippen LogP contribution < -0.4 is 11.1 Å². The number of aromatic hydroxyl groups is 1. The van der Waals surface area contributed by atoms with Crippen LogP contribution in [0.25, 0.3) is 0 Å². The molecule has 0 heterocycles. The van der Waals surface area contributed by atoms with E-state index in [2.05, 4.69) is 33.0 Å². The molecule has 4 N–H and O–H groups in total. The van der Waals surface area contributed by atoms with E-state index in [1.54, 1.807) is 0 Å². The first-order valence-electron chi connectivity index (χ1n) is 6.54. The van der Waals surface area contributed by atoms with Gasteiger partial charge in [-0.2, -0.15) is 0 Å². The maximum Gasteiger partial charge on any atom is 0.253 e. The number of hydrogen-bond acceptors (Lipinski definition) is 3. The van der Waals surface area contributed by atoms with E-state index in [1.165, 1.54) is 18.2 Å². The van der Waals surface area contributed by atoms with Crippen molar-refractivity contribution in [2.45, 2.75) is 27.7 Å². The molecule has 1 fully saturated rings. The van der Waals surface area contributed by atoms with E-state index < -0.39 is 0 Å². The lowest BCUT2D eigenvalue weighted by Gasteiger charge is -2.09. The largest absolute Gasteiger partial charge is 0.508 e. The maximum atomic E-state index is 12.1. The first kappa shape index (κ1) is 13.7. The fourth-order valence-corrected chi connectivity index (χ4v) is 2.87. The van der Waals surface area contributed by atoms with Gasteiger partial charge in [0.2, 0.25) is 0 Å². The molecule has 2 rings (SSSR count). The van der Waals surface area contributed by atoms with E-state index in [4.69, 9.17) is 5.73 Å². The van der Waals surface area contributed by atoms with Crippen molar-refractivity contribution < 1.29 is 9.90 Å². The minimum atomic E-state index is -0.230. The molecule has 104 valence electrons. The molecule has 1 aromatic carbocycles.